The molecule has 2 amide bonds. The normalized spacial score (nSPS) is 21.0. The van der Waals surface area contributed by atoms with Crippen LogP contribution < -0.4 is 5.32 Å². The van der Waals surface area contributed by atoms with Crippen molar-refractivity contribution in [2.24, 2.45) is 11.8 Å². The molecule has 2 aromatic rings. The lowest BCUT2D eigenvalue weighted by Crippen LogP contribution is -2.46. The van der Waals surface area contributed by atoms with E-state index in [0.29, 0.717) is 21.7 Å². The first-order valence-electron chi connectivity index (χ1n) is 8.18. The zero-order chi connectivity index (χ0) is 17.3. The number of carbonyl (C=O) groups is 2. The third-order valence-electron chi connectivity index (χ3n) is 4.36. The highest BCUT2D eigenvalue weighted by atomic mass is 35.5. The van der Waals surface area contributed by atoms with Crippen LogP contribution in [-0.4, -0.2) is 36.3 Å². The largest absolute Gasteiger partial charge is 0.342 e. The smallest absolute Gasteiger partial charge is 0.263 e. The molecule has 2 atom stereocenters. The Hall–Kier alpha value is -1.59. The van der Waals surface area contributed by atoms with Crippen LogP contribution in [-0.2, 0) is 4.79 Å². The fourth-order valence-corrected chi connectivity index (χ4v) is 4.81. The molecule has 0 radical (unpaired) electrons. The number of piperidine rings is 1. The van der Waals surface area contributed by atoms with E-state index >= 15 is 0 Å². The van der Waals surface area contributed by atoms with Gasteiger partial charge in [-0.1, -0.05) is 43.6 Å². The lowest BCUT2D eigenvalue weighted by atomic mass is 9.92. The summed E-state index contributed by atoms with van der Waals surface area (Å²) in [5, 5.41) is 4.06. The van der Waals surface area contributed by atoms with Crippen molar-refractivity contribution < 1.29 is 9.59 Å². The number of rotatable bonds is 3. The van der Waals surface area contributed by atoms with Gasteiger partial charge in [-0.15, -0.1) is 11.3 Å². The van der Waals surface area contributed by atoms with Gasteiger partial charge in [0, 0.05) is 23.2 Å². The highest BCUT2D eigenvalue weighted by molar-refractivity contribution is 7.21. The van der Waals surface area contributed by atoms with Gasteiger partial charge in [0.2, 0.25) is 5.91 Å². The molecule has 1 aromatic carbocycles. The van der Waals surface area contributed by atoms with Gasteiger partial charge < -0.3 is 10.2 Å². The topological polar surface area (TPSA) is 49.4 Å². The third-order valence-corrected chi connectivity index (χ3v) is 6.04. The van der Waals surface area contributed by atoms with E-state index in [4.69, 9.17) is 11.6 Å². The number of benzene rings is 1. The molecule has 1 saturated heterocycles. The molecule has 24 heavy (non-hydrogen) atoms. The van der Waals surface area contributed by atoms with Crippen molar-refractivity contribution in [3.8, 4) is 0 Å². The Balaban J connectivity index is 1.64. The van der Waals surface area contributed by atoms with E-state index in [1.165, 1.54) is 11.3 Å². The zero-order valence-corrected chi connectivity index (χ0v) is 15.4. The summed E-state index contributed by atoms with van der Waals surface area (Å²) in [6, 6.07) is 7.64. The van der Waals surface area contributed by atoms with Crippen LogP contribution in [0.4, 0.5) is 0 Å². The molecule has 1 aliphatic heterocycles. The van der Waals surface area contributed by atoms with Gasteiger partial charge in [0.05, 0.1) is 11.6 Å². The SMILES string of the molecule is C[C@@H]1C[C@H](C)CN(C(=O)CNC(=O)c2sc3ccccc3c2Cl)C1. The van der Waals surface area contributed by atoms with Crippen LogP contribution in [0, 0.1) is 11.8 Å². The van der Waals surface area contributed by atoms with Crippen LogP contribution >= 0.6 is 22.9 Å². The standard InChI is InChI=1S/C18H21ClN2O2S/c1-11-7-12(2)10-21(9-11)15(22)8-20-18(23)17-16(19)13-5-3-4-6-14(13)24-17/h3-6,11-12H,7-10H2,1-2H3,(H,20,23)/t11-,12+. The summed E-state index contributed by atoms with van der Waals surface area (Å²) >= 11 is 7.66. The quantitative estimate of drug-likeness (QED) is 0.900. The number of carbonyl (C=O) groups excluding carboxylic acids is 2. The van der Waals surface area contributed by atoms with Gasteiger partial charge in [-0.3, -0.25) is 9.59 Å². The Kier molecular flexibility index (Phi) is 5.11. The second-order valence-electron chi connectivity index (χ2n) is 6.67. The molecule has 1 aromatic heterocycles. The van der Waals surface area contributed by atoms with Gasteiger partial charge in [-0.05, 0) is 24.3 Å². The number of thiophene rings is 1. The van der Waals surface area contributed by atoms with Gasteiger partial charge >= 0.3 is 0 Å². The van der Waals surface area contributed by atoms with Crippen LogP contribution in [0.25, 0.3) is 10.1 Å². The molecule has 6 heteroatoms. The number of hydrogen-bond donors (Lipinski definition) is 1. The first-order valence-corrected chi connectivity index (χ1v) is 9.38. The maximum atomic E-state index is 12.4. The molecular weight excluding hydrogens is 344 g/mol. The highest BCUT2D eigenvalue weighted by Gasteiger charge is 2.26. The van der Waals surface area contributed by atoms with Gasteiger partial charge in [0.15, 0.2) is 0 Å². The predicted octanol–water partition coefficient (Wildman–Crippen LogP) is 3.79. The maximum absolute atomic E-state index is 12.4. The summed E-state index contributed by atoms with van der Waals surface area (Å²) in [4.78, 5) is 27.1. The summed E-state index contributed by atoms with van der Waals surface area (Å²) in [5.41, 5.74) is 0. The average Bonchev–Trinajstić information content (AvgIpc) is 2.89. The molecule has 0 unspecified atom stereocenters. The van der Waals surface area contributed by atoms with Gasteiger partial charge in [0.25, 0.3) is 5.91 Å². The Labute approximate surface area is 150 Å². The molecular formula is C18H21ClN2O2S. The fourth-order valence-electron chi connectivity index (χ4n) is 3.37. The maximum Gasteiger partial charge on any atom is 0.263 e. The van der Waals surface area contributed by atoms with Crippen molar-refractivity contribution in [2.75, 3.05) is 19.6 Å². The van der Waals surface area contributed by atoms with E-state index < -0.39 is 0 Å². The van der Waals surface area contributed by atoms with E-state index in [2.05, 4.69) is 19.2 Å². The van der Waals surface area contributed by atoms with Crippen molar-refractivity contribution in [1.29, 1.82) is 0 Å². The van der Waals surface area contributed by atoms with Crippen molar-refractivity contribution in [3.63, 3.8) is 0 Å². The summed E-state index contributed by atoms with van der Waals surface area (Å²) < 4.78 is 0.970. The van der Waals surface area contributed by atoms with Crippen LogP contribution in [0.5, 0.6) is 0 Å². The van der Waals surface area contributed by atoms with Gasteiger partial charge in [-0.25, -0.2) is 0 Å². The molecule has 4 nitrogen and oxygen atoms in total. The van der Waals surface area contributed by atoms with Crippen molar-refractivity contribution >= 4 is 44.8 Å². The number of halogens is 1. The van der Waals surface area contributed by atoms with Gasteiger partial charge in [-0.2, -0.15) is 0 Å². The average molecular weight is 365 g/mol. The molecule has 3 rings (SSSR count). The number of hydrogen-bond acceptors (Lipinski definition) is 3. The van der Waals surface area contributed by atoms with Crippen molar-refractivity contribution in [2.45, 2.75) is 20.3 Å². The molecule has 1 N–H and O–H groups in total. The molecule has 128 valence electrons. The second-order valence-corrected chi connectivity index (χ2v) is 8.10. The number of likely N-dealkylation sites (tertiary alicyclic amines) is 1. The van der Waals surface area contributed by atoms with Crippen LogP contribution in [0.1, 0.15) is 29.9 Å². The number of nitrogens with one attached hydrogen (secondary N) is 1. The van der Waals surface area contributed by atoms with Crippen LogP contribution in [0.15, 0.2) is 24.3 Å². The summed E-state index contributed by atoms with van der Waals surface area (Å²) in [6.45, 7) is 5.87. The lowest BCUT2D eigenvalue weighted by molar-refractivity contribution is -0.132. The number of nitrogens with zero attached hydrogens (tertiary/aromatic N) is 1. The highest BCUT2D eigenvalue weighted by Crippen LogP contribution is 2.34. The Bertz CT molecular complexity index is 763. The van der Waals surface area contributed by atoms with E-state index in [1.54, 1.807) is 0 Å². The van der Waals surface area contributed by atoms with Crippen LogP contribution in [0.3, 0.4) is 0 Å². The Morgan fingerprint density at radius 2 is 1.92 bits per heavy atom. The minimum atomic E-state index is -0.285. The zero-order valence-electron chi connectivity index (χ0n) is 13.8. The van der Waals surface area contributed by atoms with E-state index in [0.717, 1.165) is 29.6 Å². The minimum Gasteiger partial charge on any atom is -0.342 e. The summed E-state index contributed by atoms with van der Waals surface area (Å²) in [6.07, 6.45) is 1.15. The molecule has 1 fully saturated rings. The molecule has 0 spiro atoms. The first-order chi connectivity index (χ1) is 11.5. The van der Waals surface area contributed by atoms with Crippen molar-refractivity contribution in [3.05, 3.63) is 34.2 Å². The molecule has 0 saturated carbocycles. The summed E-state index contributed by atoms with van der Waals surface area (Å²) in [7, 11) is 0. The van der Waals surface area contributed by atoms with Gasteiger partial charge in [0.1, 0.15) is 4.88 Å². The number of amides is 2. The molecule has 2 heterocycles. The molecule has 0 bridgehead atoms. The van der Waals surface area contributed by atoms with Crippen molar-refractivity contribution in [1.82, 2.24) is 10.2 Å². The Morgan fingerprint density at radius 1 is 1.25 bits per heavy atom. The second kappa shape index (κ2) is 7.11. The molecule has 1 aliphatic rings. The lowest BCUT2D eigenvalue weighted by Gasteiger charge is -2.35. The van der Waals surface area contributed by atoms with E-state index in [9.17, 15) is 9.59 Å². The minimum absolute atomic E-state index is 0.0167. The third kappa shape index (κ3) is 3.57. The van der Waals surface area contributed by atoms with E-state index in [-0.39, 0.29) is 18.4 Å². The Morgan fingerprint density at radius 3 is 2.58 bits per heavy atom. The summed E-state index contributed by atoms with van der Waals surface area (Å²) in [5.74, 6) is 0.697. The first kappa shape index (κ1) is 17.2. The van der Waals surface area contributed by atoms with E-state index in [1.807, 2.05) is 29.2 Å². The molecule has 0 aliphatic carbocycles. The predicted molar refractivity (Wildman–Crippen MR) is 98.7 cm³/mol. The number of fused-ring (bicyclic) bond motifs is 1. The monoisotopic (exact) mass is 364 g/mol. The van der Waals surface area contributed by atoms with Crippen LogP contribution in [0.2, 0.25) is 5.02 Å². The fraction of sp³-hybridized carbons (Fsp3) is 0.444.